The molecule has 0 radical (unpaired) electrons. The van der Waals surface area contributed by atoms with Gasteiger partial charge in [-0.3, -0.25) is 0 Å². The van der Waals surface area contributed by atoms with Crippen molar-refractivity contribution in [3.8, 4) is 22.8 Å². The van der Waals surface area contributed by atoms with Crippen LogP contribution in [0.15, 0.2) is 24.3 Å². The highest BCUT2D eigenvalue weighted by Gasteiger charge is 2.27. The second-order valence-electron chi connectivity index (χ2n) is 9.61. The molecule has 1 aromatic carbocycles. The molecule has 3 aliphatic rings. The molecule has 1 atom stereocenters. The second kappa shape index (κ2) is 10.9. The lowest BCUT2D eigenvalue weighted by atomic mass is 9.87. The predicted octanol–water partition coefficient (Wildman–Crippen LogP) is 4.23. The summed E-state index contributed by atoms with van der Waals surface area (Å²) in [6.45, 7) is 5.23. The van der Waals surface area contributed by atoms with Crippen molar-refractivity contribution < 1.29 is 23.7 Å². The number of hydrogen-bond acceptors (Lipinski definition) is 8. The van der Waals surface area contributed by atoms with Crippen LogP contribution in [0.5, 0.6) is 11.6 Å². The average Bonchev–Trinajstić information content (AvgIpc) is 3.32. The zero-order valence-corrected chi connectivity index (χ0v) is 20.1. The first-order valence-electron chi connectivity index (χ1n) is 12.4. The van der Waals surface area contributed by atoms with E-state index in [2.05, 4.69) is 12.2 Å². The van der Waals surface area contributed by atoms with E-state index < -0.39 is 0 Å². The SMILES string of the molecule is COCc1nc(N[C@H]2CC[C@@H](C)CC2)nc(OC2COC2)c1-c1ccc(O[C@@H]2CCOC2)cc1. The molecule has 3 heterocycles. The standard InChI is InChI=1S/C26H35N3O5/c1-17-3-7-19(8-4-17)27-26-28-23(16-30-2)24(25(29-26)34-22-14-32-15-22)18-5-9-20(10-6-18)33-21-11-12-31-13-21/h5-6,9-10,17,19,21-22H,3-4,7-8,11-16H2,1-2H3,(H,27,28,29)/t17-,19+,21-/m1/s1. The third-order valence-corrected chi connectivity index (χ3v) is 6.80. The molecule has 3 fully saturated rings. The molecule has 0 spiro atoms. The van der Waals surface area contributed by atoms with Crippen LogP contribution in [-0.2, 0) is 20.8 Å². The maximum Gasteiger partial charge on any atom is 0.227 e. The number of nitrogens with one attached hydrogen (secondary N) is 1. The fraction of sp³-hybridized carbons (Fsp3) is 0.615. The molecular formula is C26H35N3O5. The van der Waals surface area contributed by atoms with Gasteiger partial charge < -0.3 is 29.0 Å². The highest BCUT2D eigenvalue weighted by Crippen LogP contribution is 2.36. The lowest BCUT2D eigenvalue weighted by Crippen LogP contribution is -2.39. The highest BCUT2D eigenvalue weighted by atomic mass is 16.6. The predicted molar refractivity (Wildman–Crippen MR) is 128 cm³/mol. The first-order chi connectivity index (χ1) is 16.7. The molecule has 0 bridgehead atoms. The second-order valence-corrected chi connectivity index (χ2v) is 9.61. The van der Waals surface area contributed by atoms with E-state index in [0.29, 0.717) is 44.3 Å². The van der Waals surface area contributed by atoms with Crippen LogP contribution in [-0.4, -0.2) is 61.8 Å². The molecule has 1 N–H and O–H groups in total. The molecule has 8 nitrogen and oxygen atoms in total. The van der Waals surface area contributed by atoms with Crippen LogP contribution in [0.3, 0.4) is 0 Å². The van der Waals surface area contributed by atoms with E-state index in [0.717, 1.165) is 54.4 Å². The summed E-state index contributed by atoms with van der Waals surface area (Å²) < 4.78 is 28.6. The van der Waals surface area contributed by atoms with Gasteiger partial charge in [0.1, 0.15) is 18.0 Å². The van der Waals surface area contributed by atoms with Crippen molar-refractivity contribution in [1.82, 2.24) is 9.97 Å². The molecule has 0 unspecified atom stereocenters. The summed E-state index contributed by atoms with van der Waals surface area (Å²) in [5.41, 5.74) is 2.62. The Hall–Kier alpha value is -2.42. The van der Waals surface area contributed by atoms with Gasteiger partial charge in [-0.2, -0.15) is 4.98 Å². The van der Waals surface area contributed by atoms with Crippen molar-refractivity contribution in [3.05, 3.63) is 30.0 Å². The maximum absolute atomic E-state index is 6.29. The van der Waals surface area contributed by atoms with Crippen molar-refractivity contribution >= 4 is 5.95 Å². The van der Waals surface area contributed by atoms with Gasteiger partial charge in [-0.15, -0.1) is 0 Å². The number of aromatic nitrogens is 2. The van der Waals surface area contributed by atoms with Gasteiger partial charge in [0.2, 0.25) is 11.8 Å². The van der Waals surface area contributed by atoms with E-state index in [9.17, 15) is 0 Å². The van der Waals surface area contributed by atoms with Gasteiger partial charge in [0.05, 0.1) is 44.3 Å². The Bertz CT molecular complexity index is 936. The van der Waals surface area contributed by atoms with Crippen molar-refractivity contribution in [1.29, 1.82) is 0 Å². The Morgan fingerprint density at radius 2 is 1.68 bits per heavy atom. The molecule has 1 saturated carbocycles. The Morgan fingerprint density at radius 3 is 2.32 bits per heavy atom. The largest absolute Gasteiger partial charge is 0.488 e. The van der Waals surface area contributed by atoms with Crippen LogP contribution in [0.1, 0.15) is 44.7 Å². The zero-order valence-electron chi connectivity index (χ0n) is 20.1. The summed E-state index contributed by atoms with van der Waals surface area (Å²) in [6, 6.07) is 8.41. The molecule has 2 aromatic rings. The zero-order chi connectivity index (χ0) is 23.3. The minimum Gasteiger partial charge on any atom is -0.488 e. The molecule has 1 aliphatic carbocycles. The monoisotopic (exact) mass is 469 g/mol. The molecule has 2 aliphatic heterocycles. The number of methoxy groups -OCH3 is 1. The summed E-state index contributed by atoms with van der Waals surface area (Å²) in [4.78, 5) is 9.69. The minimum absolute atomic E-state index is 0.00241. The highest BCUT2D eigenvalue weighted by molar-refractivity contribution is 5.72. The van der Waals surface area contributed by atoms with Crippen LogP contribution in [0, 0.1) is 5.92 Å². The van der Waals surface area contributed by atoms with E-state index in [1.54, 1.807) is 7.11 Å². The Kier molecular flexibility index (Phi) is 7.47. The van der Waals surface area contributed by atoms with E-state index in [-0.39, 0.29) is 12.2 Å². The summed E-state index contributed by atoms with van der Waals surface area (Å²) in [7, 11) is 1.68. The summed E-state index contributed by atoms with van der Waals surface area (Å²) in [5.74, 6) is 2.79. The quantitative estimate of drug-likeness (QED) is 0.584. The van der Waals surface area contributed by atoms with Gasteiger partial charge in [-0.05, 0) is 49.3 Å². The summed E-state index contributed by atoms with van der Waals surface area (Å²) >= 11 is 0. The van der Waals surface area contributed by atoms with E-state index in [1.165, 1.54) is 12.8 Å². The molecule has 0 amide bonds. The van der Waals surface area contributed by atoms with E-state index >= 15 is 0 Å². The first-order valence-corrected chi connectivity index (χ1v) is 12.4. The van der Waals surface area contributed by atoms with Gasteiger partial charge in [0, 0.05) is 19.6 Å². The van der Waals surface area contributed by atoms with Gasteiger partial charge >= 0.3 is 0 Å². The number of ether oxygens (including phenoxy) is 5. The normalized spacial score (nSPS) is 25.1. The van der Waals surface area contributed by atoms with Gasteiger partial charge in [0.15, 0.2) is 0 Å². The van der Waals surface area contributed by atoms with Gasteiger partial charge in [0.25, 0.3) is 0 Å². The topological polar surface area (TPSA) is 84.0 Å². The molecule has 34 heavy (non-hydrogen) atoms. The third kappa shape index (κ3) is 5.62. The van der Waals surface area contributed by atoms with Crippen molar-refractivity contribution in [2.45, 2.75) is 63.9 Å². The lowest BCUT2D eigenvalue weighted by molar-refractivity contribution is -0.0811. The van der Waals surface area contributed by atoms with E-state index in [4.69, 9.17) is 33.7 Å². The fourth-order valence-corrected chi connectivity index (χ4v) is 4.69. The third-order valence-electron chi connectivity index (χ3n) is 6.80. The van der Waals surface area contributed by atoms with Crippen LogP contribution in [0.25, 0.3) is 11.1 Å². The van der Waals surface area contributed by atoms with Crippen LogP contribution in [0.2, 0.25) is 0 Å². The molecular weight excluding hydrogens is 434 g/mol. The lowest BCUT2D eigenvalue weighted by Gasteiger charge is -2.29. The number of hydrogen-bond donors (Lipinski definition) is 1. The maximum atomic E-state index is 6.29. The molecule has 184 valence electrons. The van der Waals surface area contributed by atoms with Crippen molar-refractivity contribution in [2.24, 2.45) is 5.92 Å². The minimum atomic E-state index is -0.00241. The fourth-order valence-electron chi connectivity index (χ4n) is 4.69. The van der Waals surface area contributed by atoms with Crippen LogP contribution in [0.4, 0.5) is 5.95 Å². The van der Waals surface area contributed by atoms with E-state index in [1.807, 2.05) is 24.3 Å². The van der Waals surface area contributed by atoms with Gasteiger partial charge in [-0.1, -0.05) is 19.1 Å². The van der Waals surface area contributed by atoms with Crippen molar-refractivity contribution in [2.75, 3.05) is 38.9 Å². The number of nitrogens with zero attached hydrogens (tertiary/aromatic N) is 2. The molecule has 2 saturated heterocycles. The Labute approximate surface area is 201 Å². The summed E-state index contributed by atoms with van der Waals surface area (Å²) in [5, 5.41) is 3.56. The Balaban J connectivity index is 1.42. The average molecular weight is 470 g/mol. The smallest absolute Gasteiger partial charge is 0.227 e. The number of rotatable bonds is 9. The van der Waals surface area contributed by atoms with Crippen LogP contribution >= 0.6 is 0 Å². The number of anilines is 1. The number of benzene rings is 1. The first kappa shape index (κ1) is 23.3. The molecule has 1 aromatic heterocycles. The Morgan fingerprint density at radius 1 is 0.912 bits per heavy atom. The van der Waals surface area contributed by atoms with Crippen LogP contribution < -0.4 is 14.8 Å². The summed E-state index contributed by atoms with van der Waals surface area (Å²) in [6.07, 6.45) is 5.75. The molecule has 8 heteroatoms. The van der Waals surface area contributed by atoms with Gasteiger partial charge in [-0.25, -0.2) is 4.98 Å². The van der Waals surface area contributed by atoms with Crippen molar-refractivity contribution in [3.63, 3.8) is 0 Å². The molecule has 5 rings (SSSR count).